The van der Waals surface area contributed by atoms with Gasteiger partial charge in [0.25, 0.3) is 5.91 Å². The van der Waals surface area contributed by atoms with Gasteiger partial charge in [0.05, 0.1) is 11.1 Å². The van der Waals surface area contributed by atoms with E-state index >= 15 is 0 Å². The average Bonchev–Trinajstić information content (AvgIpc) is 3.32. The fourth-order valence-electron chi connectivity index (χ4n) is 4.27. The van der Waals surface area contributed by atoms with Crippen LogP contribution in [-0.4, -0.2) is 41.3 Å². The Morgan fingerprint density at radius 1 is 1.15 bits per heavy atom. The fourth-order valence-corrected chi connectivity index (χ4v) is 4.27. The molecule has 1 aromatic heterocycles. The largest absolute Gasteiger partial charge is 0.352 e. The number of likely N-dealkylation sites (tertiary alicyclic amines) is 1. The second kappa shape index (κ2) is 10.1. The van der Waals surface area contributed by atoms with Crippen molar-refractivity contribution >= 4 is 22.7 Å². The van der Waals surface area contributed by atoms with E-state index in [1.165, 1.54) is 12.1 Å². The maximum absolute atomic E-state index is 13.1. The Balaban J connectivity index is 1.47. The summed E-state index contributed by atoms with van der Waals surface area (Å²) in [4.78, 5) is 32.4. The molecule has 1 fully saturated rings. The molecule has 172 valence electrons. The number of rotatable bonds is 7. The first-order valence-corrected chi connectivity index (χ1v) is 11.6. The molecular formula is C27H30FN3O2. The van der Waals surface area contributed by atoms with E-state index in [0.717, 1.165) is 28.6 Å². The minimum atomic E-state index is -0.271. The minimum absolute atomic E-state index is 0.0891. The van der Waals surface area contributed by atoms with E-state index in [-0.39, 0.29) is 23.5 Å². The quantitative estimate of drug-likeness (QED) is 0.571. The molecule has 0 radical (unpaired) electrons. The molecule has 1 atom stereocenters. The highest BCUT2D eigenvalue weighted by molar-refractivity contribution is 6.06. The number of nitrogens with one attached hydrogen (secondary N) is 1. The van der Waals surface area contributed by atoms with E-state index < -0.39 is 0 Å². The monoisotopic (exact) mass is 447 g/mol. The maximum Gasteiger partial charge on any atom is 0.252 e. The van der Waals surface area contributed by atoms with Crippen LogP contribution in [0.3, 0.4) is 0 Å². The van der Waals surface area contributed by atoms with Crippen LogP contribution in [0, 0.1) is 11.7 Å². The minimum Gasteiger partial charge on any atom is -0.352 e. The second-order valence-electron chi connectivity index (χ2n) is 9.17. The molecule has 0 saturated carbocycles. The standard InChI is InChI=1S/C27H30FN3O2/c1-18(2)16-29-27(33)23-15-25(30-24-6-4-3-5-22(23)24)20-13-14-31(17-20)26(32)12-9-19-7-10-21(28)11-8-19/h3-8,10-11,15,18,20H,9,12-14,16-17H2,1-2H3,(H,29,33)/t20-/m0/s1. The lowest BCUT2D eigenvalue weighted by molar-refractivity contribution is -0.130. The topological polar surface area (TPSA) is 62.3 Å². The van der Waals surface area contributed by atoms with Crippen LogP contribution < -0.4 is 5.32 Å². The third kappa shape index (κ3) is 5.56. The molecular weight excluding hydrogens is 417 g/mol. The summed E-state index contributed by atoms with van der Waals surface area (Å²) in [5, 5.41) is 3.86. The van der Waals surface area contributed by atoms with Crippen molar-refractivity contribution in [3.63, 3.8) is 0 Å². The maximum atomic E-state index is 13.1. The fraction of sp³-hybridized carbons (Fsp3) is 0.370. The van der Waals surface area contributed by atoms with E-state index in [2.05, 4.69) is 19.2 Å². The lowest BCUT2D eigenvalue weighted by Crippen LogP contribution is -2.29. The zero-order valence-electron chi connectivity index (χ0n) is 19.2. The van der Waals surface area contributed by atoms with Gasteiger partial charge >= 0.3 is 0 Å². The van der Waals surface area contributed by atoms with Gasteiger partial charge in [-0.3, -0.25) is 14.6 Å². The molecule has 3 aromatic rings. The summed E-state index contributed by atoms with van der Waals surface area (Å²) in [6, 6.07) is 15.9. The van der Waals surface area contributed by atoms with E-state index in [4.69, 9.17) is 4.98 Å². The normalized spacial score (nSPS) is 15.9. The Morgan fingerprint density at radius 2 is 1.91 bits per heavy atom. The SMILES string of the molecule is CC(C)CNC(=O)c1cc([C@H]2CCN(C(=O)CCc3ccc(F)cc3)C2)nc2ccccc12. The number of para-hydroxylation sites is 1. The summed E-state index contributed by atoms with van der Waals surface area (Å²) in [6.07, 6.45) is 1.81. The number of amides is 2. The zero-order chi connectivity index (χ0) is 23.4. The number of hydrogen-bond acceptors (Lipinski definition) is 3. The number of halogens is 1. The smallest absolute Gasteiger partial charge is 0.252 e. The van der Waals surface area contributed by atoms with Gasteiger partial charge in [-0.2, -0.15) is 0 Å². The Labute approximate surface area is 194 Å². The van der Waals surface area contributed by atoms with E-state index in [0.29, 0.717) is 44.0 Å². The first-order valence-electron chi connectivity index (χ1n) is 11.6. The van der Waals surface area contributed by atoms with E-state index in [9.17, 15) is 14.0 Å². The van der Waals surface area contributed by atoms with Crippen molar-refractivity contribution in [3.05, 3.63) is 77.2 Å². The average molecular weight is 448 g/mol. The van der Waals surface area contributed by atoms with Crippen molar-refractivity contribution in [1.29, 1.82) is 0 Å². The molecule has 1 aliphatic heterocycles. The van der Waals surface area contributed by atoms with Gasteiger partial charge in [0.2, 0.25) is 5.91 Å². The van der Waals surface area contributed by atoms with E-state index in [1.807, 2.05) is 35.2 Å². The number of pyridine rings is 1. The molecule has 33 heavy (non-hydrogen) atoms. The first kappa shape index (κ1) is 22.9. The van der Waals surface area contributed by atoms with Crippen LogP contribution in [-0.2, 0) is 11.2 Å². The van der Waals surface area contributed by atoms with Gasteiger partial charge in [-0.1, -0.05) is 44.2 Å². The molecule has 0 aliphatic carbocycles. The lowest BCUT2D eigenvalue weighted by atomic mass is 9.99. The highest BCUT2D eigenvalue weighted by atomic mass is 19.1. The van der Waals surface area contributed by atoms with Crippen molar-refractivity contribution in [2.75, 3.05) is 19.6 Å². The Kier molecular flexibility index (Phi) is 7.02. The molecule has 1 N–H and O–H groups in total. The van der Waals surface area contributed by atoms with E-state index in [1.54, 1.807) is 12.1 Å². The van der Waals surface area contributed by atoms with Crippen LogP contribution >= 0.6 is 0 Å². The third-order valence-corrected chi connectivity index (χ3v) is 6.15. The molecule has 0 unspecified atom stereocenters. The molecule has 2 heterocycles. The van der Waals surface area contributed by atoms with Crippen molar-refractivity contribution < 1.29 is 14.0 Å². The van der Waals surface area contributed by atoms with Crippen molar-refractivity contribution in [1.82, 2.24) is 15.2 Å². The summed E-state index contributed by atoms with van der Waals surface area (Å²) in [6.45, 7) is 6.02. The van der Waals surface area contributed by atoms with Gasteiger partial charge in [0.15, 0.2) is 0 Å². The zero-order valence-corrected chi connectivity index (χ0v) is 19.2. The van der Waals surface area contributed by atoms with Crippen LogP contribution in [0.25, 0.3) is 10.9 Å². The Bertz CT molecular complexity index is 1140. The molecule has 1 aliphatic rings. The van der Waals surface area contributed by atoms with Gasteiger partial charge in [-0.15, -0.1) is 0 Å². The van der Waals surface area contributed by atoms with Gasteiger partial charge in [-0.05, 0) is 48.6 Å². The lowest BCUT2D eigenvalue weighted by Gasteiger charge is -2.17. The number of carbonyl (C=O) groups excluding carboxylic acids is 2. The molecule has 0 spiro atoms. The molecule has 4 rings (SSSR count). The summed E-state index contributed by atoms with van der Waals surface area (Å²) in [5.74, 6) is 0.200. The molecule has 0 bridgehead atoms. The van der Waals surface area contributed by atoms with Crippen LogP contribution in [0.1, 0.15) is 54.2 Å². The summed E-state index contributed by atoms with van der Waals surface area (Å²) < 4.78 is 13.1. The predicted octanol–water partition coefficient (Wildman–Crippen LogP) is 4.71. The van der Waals surface area contributed by atoms with Gasteiger partial charge in [0.1, 0.15) is 5.82 Å². The van der Waals surface area contributed by atoms with Crippen LogP contribution in [0.2, 0.25) is 0 Å². The molecule has 1 saturated heterocycles. The summed E-state index contributed by atoms with van der Waals surface area (Å²) in [5.41, 5.74) is 3.24. The van der Waals surface area contributed by atoms with Gasteiger partial charge in [0, 0.05) is 43.1 Å². The van der Waals surface area contributed by atoms with Crippen LogP contribution in [0.4, 0.5) is 4.39 Å². The predicted molar refractivity (Wildman–Crippen MR) is 128 cm³/mol. The number of hydrogen-bond donors (Lipinski definition) is 1. The first-order chi connectivity index (χ1) is 15.9. The number of carbonyl (C=O) groups is 2. The number of aryl methyl sites for hydroxylation is 1. The summed E-state index contributed by atoms with van der Waals surface area (Å²) >= 11 is 0. The van der Waals surface area contributed by atoms with Crippen LogP contribution in [0.5, 0.6) is 0 Å². The van der Waals surface area contributed by atoms with Crippen molar-refractivity contribution in [2.24, 2.45) is 5.92 Å². The van der Waals surface area contributed by atoms with Crippen LogP contribution in [0.15, 0.2) is 54.6 Å². The number of fused-ring (bicyclic) bond motifs is 1. The van der Waals surface area contributed by atoms with Crippen molar-refractivity contribution in [2.45, 2.75) is 39.0 Å². The number of aromatic nitrogens is 1. The molecule has 2 amide bonds. The highest BCUT2D eigenvalue weighted by Gasteiger charge is 2.29. The van der Waals surface area contributed by atoms with Gasteiger partial charge in [-0.25, -0.2) is 4.39 Å². The Morgan fingerprint density at radius 3 is 2.67 bits per heavy atom. The second-order valence-corrected chi connectivity index (χ2v) is 9.17. The van der Waals surface area contributed by atoms with Crippen molar-refractivity contribution in [3.8, 4) is 0 Å². The Hall–Kier alpha value is -3.28. The van der Waals surface area contributed by atoms with Gasteiger partial charge < -0.3 is 10.2 Å². The number of nitrogens with zero attached hydrogens (tertiary/aromatic N) is 2. The molecule has 2 aromatic carbocycles. The highest BCUT2D eigenvalue weighted by Crippen LogP contribution is 2.30. The third-order valence-electron chi connectivity index (χ3n) is 6.15. The summed E-state index contributed by atoms with van der Waals surface area (Å²) in [7, 11) is 0. The molecule has 6 heteroatoms. The number of benzene rings is 2. The molecule has 5 nitrogen and oxygen atoms in total.